The van der Waals surface area contributed by atoms with Crippen molar-refractivity contribution >= 4 is 11.8 Å². The van der Waals surface area contributed by atoms with Gasteiger partial charge >= 0.3 is 5.91 Å². The number of hydrogen-bond acceptors (Lipinski definition) is 7. The van der Waals surface area contributed by atoms with E-state index >= 15 is 0 Å². The molecule has 1 saturated heterocycles. The summed E-state index contributed by atoms with van der Waals surface area (Å²) in [6.07, 6.45) is 0.313. The van der Waals surface area contributed by atoms with E-state index < -0.39 is 40.6 Å². The average molecular weight is 542 g/mol. The van der Waals surface area contributed by atoms with E-state index in [4.69, 9.17) is 19.0 Å². The largest absolute Gasteiger partial charge is 0.483 e. The average Bonchev–Trinajstić information content (AvgIpc) is 2.91. The predicted octanol–water partition coefficient (Wildman–Crippen LogP) is 2.35. The molecule has 2 aliphatic heterocycles. The zero-order chi connectivity index (χ0) is 27.7. The molecule has 2 aliphatic rings. The van der Waals surface area contributed by atoms with E-state index in [0.717, 1.165) is 16.7 Å². The first-order valence-electron chi connectivity index (χ1n) is 12.0. The van der Waals surface area contributed by atoms with Gasteiger partial charge in [0.1, 0.15) is 29.3 Å². The van der Waals surface area contributed by atoms with Gasteiger partial charge in [-0.3, -0.25) is 19.2 Å². The Labute approximate surface area is 221 Å². The Morgan fingerprint density at radius 3 is 2.49 bits per heavy atom. The second-order valence-corrected chi connectivity index (χ2v) is 9.11. The normalized spacial score (nSPS) is 17.5. The van der Waals surface area contributed by atoms with E-state index in [1.165, 1.54) is 31.0 Å². The first kappa shape index (κ1) is 26.5. The van der Waals surface area contributed by atoms with Gasteiger partial charge in [-0.15, -0.1) is 0 Å². The highest BCUT2D eigenvalue weighted by Gasteiger charge is 2.58. The fraction of sp³-hybridized carbons (Fsp3) is 0.296. The van der Waals surface area contributed by atoms with Gasteiger partial charge in [-0.05, 0) is 11.6 Å². The van der Waals surface area contributed by atoms with Gasteiger partial charge in [-0.1, -0.05) is 36.4 Å². The third-order valence-electron chi connectivity index (χ3n) is 6.77. The molecule has 1 N–H and O–H groups in total. The summed E-state index contributed by atoms with van der Waals surface area (Å²) in [5.74, 6) is -3.50. The zero-order valence-electron chi connectivity index (χ0n) is 21.1. The lowest BCUT2D eigenvalue weighted by Crippen LogP contribution is -2.70. The number of methoxy groups -OCH3 is 1. The molecular formula is C27H25F2N3O7. The number of nitrogens with zero attached hydrogens (tertiary/aromatic N) is 2. The maximum Gasteiger partial charge on any atom is 0.300 e. The molecule has 3 aromatic rings. The summed E-state index contributed by atoms with van der Waals surface area (Å²) >= 11 is 0. The number of nitrogens with one attached hydrogen (secondary N) is 1. The molecule has 1 spiro atoms. The van der Waals surface area contributed by atoms with Gasteiger partial charge in [0.25, 0.3) is 5.91 Å². The minimum Gasteiger partial charge on any atom is -0.483 e. The van der Waals surface area contributed by atoms with Gasteiger partial charge in [0, 0.05) is 31.5 Å². The monoisotopic (exact) mass is 541 g/mol. The molecule has 1 aromatic heterocycles. The summed E-state index contributed by atoms with van der Waals surface area (Å²) in [5, 5.41) is 3.49. The number of carbonyl (C=O) groups excluding carboxylic acids is 2. The van der Waals surface area contributed by atoms with Crippen LogP contribution in [0.1, 0.15) is 32.0 Å². The van der Waals surface area contributed by atoms with Crippen molar-refractivity contribution in [2.45, 2.75) is 24.9 Å². The molecule has 1 fully saturated rings. The molecular weight excluding hydrogens is 516 g/mol. The number of carbonyl (C=O) groups is 2. The lowest BCUT2D eigenvalue weighted by molar-refractivity contribution is -0.283. The summed E-state index contributed by atoms with van der Waals surface area (Å²) in [4.78, 5) is 45.8. The van der Waals surface area contributed by atoms with Gasteiger partial charge in [0.15, 0.2) is 17.7 Å². The fourth-order valence-electron chi connectivity index (χ4n) is 4.74. The number of pyridine rings is 1. The maximum atomic E-state index is 14.1. The molecule has 1 unspecified atom stereocenters. The Kier molecular flexibility index (Phi) is 7.17. The Hall–Kier alpha value is -4.13. The Bertz CT molecular complexity index is 1470. The van der Waals surface area contributed by atoms with Crippen molar-refractivity contribution in [1.29, 1.82) is 0 Å². The van der Waals surface area contributed by atoms with E-state index in [0.29, 0.717) is 6.07 Å². The molecule has 0 bridgehead atoms. The van der Waals surface area contributed by atoms with Crippen molar-refractivity contribution in [2.75, 3.05) is 27.4 Å². The van der Waals surface area contributed by atoms with Gasteiger partial charge in [0.2, 0.25) is 5.43 Å². The standard InChI is InChI=1S/C27H25F2N3O7/c1-36-26-27(14-38-15-27)31-12-19(24(34)30-11-17-8-9-18(28)10-20(17)29)22(33)23(21(31)25(35)32(26)37-2)39-13-16-6-4-3-5-7-16/h3-10,12,26H,11,13-15H2,1-2H3,(H,30,34). The van der Waals surface area contributed by atoms with Crippen LogP contribution >= 0.6 is 0 Å². The van der Waals surface area contributed by atoms with E-state index in [1.807, 2.05) is 6.07 Å². The van der Waals surface area contributed by atoms with Crippen molar-refractivity contribution < 1.29 is 37.4 Å². The van der Waals surface area contributed by atoms with E-state index in [1.54, 1.807) is 24.3 Å². The third kappa shape index (κ3) is 4.56. The first-order valence-corrected chi connectivity index (χ1v) is 12.0. The molecule has 10 nitrogen and oxygen atoms in total. The zero-order valence-corrected chi connectivity index (χ0v) is 21.1. The number of halogens is 2. The summed E-state index contributed by atoms with van der Waals surface area (Å²) in [7, 11) is 2.70. The SMILES string of the molecule is COC1N(OC)C(=O)c2c(OCc3ccccc3)c(=O)c(C(=O)NCc3ccc(F)cc3F)cn2C12COC2. The molecule has 12 heteroatoms. The molecule has 3 heterocycles. The molecule has 0 saturated carbocycles. The molecule has 1 atom stereocenters. The van der Waals surface area contributed by atoms with E-state index in [-0.39, 0.29) is 48.9 Å². The molecule has 5 rings (SSSR count). The van der Waals surface area contributed by atoms with Crippen LogP contribution in [0.15, 0.2) is 59.5 Å². The second-order valence-electron chi connectivity index (χ2n) is 9.11. The van der Waals surface area contributed by atoms with Crippen LogP contribution < -0.4 is 15.5 Å². The van der Waals surface area contributed by atoms with E-state index in [9.17, 15) is 23.2 Å². The molecule has 204 valence electrons. The number of fused-ring (bicyclic) bond motifs is 2. The molecule has 0 aliphatic carbocycles. The van der Waals surface area contributed by atoms with Crippen LogP contribution in [0.4, 0.5) is 8.78 Å². The first-order chi connectivity index (χ1) is 18.8. The number of rotatable bonds is 8. The summed E-state index contributed by atoms with van der Waals surface area (Å²) in [5.41, 5.74) is -1.59. The van der Waals surface area contributed by atoms with Crippen molar-refractivity contribution in [3.63, 3.8) is 0 Å². The van der Waals surface area contributed by atoms with Gasteiger partial charge in [-0.25, -0.2) is 8.78 Å². The highest BCUT2D eigenvalue weighted by molar-refractivity contribution is 5.99. The third-order valence-corrected chi connectivity index (χ3v) is 6.77. The van der Waals surface area contributed by atoms with Crippen LogP contribution in [0.3, 0.4) is 0 Å². The van der Waals surface area contributed by atoms with Crippen LogP contribution in [0.5, 0.6) is 5.75 Å². The number of hydroxylamine groups is 2. The Balaban J connectivity index is 1.59. The number of ether oxygens (including phenoxy) is 3. The van der Waals surface area contributed by atoms with Crippen LogP contribution in [-0.4, -0.2) is 55.1 Å². The smallest absolute Gasteiger partial charge is 0.300 e. The van der Waals surface area contributed by atoms with Crippen molar-refractivity contribution in [1.82, 2.24) is 14.9 Å². The van der Waals surface area contributed by atoms with Crippen LogP contribution in [0.25, 0.3) is 0 Å². The van der Waals surface area contributed by atoms with Crippen LogP contribution in [0.2, 0.25) is 0 Å². The quantitative estimate of drug-likeness (QED) is 0.467. The van der Waals surface area contributed by atoms with Crippen molar-refractivity contribution in [2.24, 2.45) is 0 Å². The highest BCUT2D eigenvalue weighted by atomic mass is 19.1. The number of aromatic nitrogens is 1. The van der Waals surface area contributed by atoms with E-state index in [2.05, 4.69) is 5.32 Å². The molecule has 2 amide bonds. The Morgan fingerprint density at radius 1 is 1.13 bits per heavy atom. The van der Waals surface area contributed by atoms with Gasteiger partial charge < -0.3 is 24.1 Å². The minimum atomic E-state index is -1.02. The number of hydrogen-bond donors (Lipinski definition) is 1. The number of amides is 2. The predicted molar refractivity (Wildman–Crippen MR) is 132 cm³/mol. The maximum absolute atomic E-state index is 14.1. The van der Waals surface area contributed by atoms with Gasteiger partial charge in [0.05, 0.1) is 20.3 Å². The van der Waals surface area contributed by atoms with Crippen LogP contribution in [0, 0.1) is 11.6 Å². The molecule has 0 radical (unpaired) electrons. The minimum absolute atomic E-state index is 0.0255. The lowest BCUT2D eigenvalue weighted by atomic mass is 9.90. The topological polar surface area (TPSA) is 108 Å². The second kappa shape index (κ2) is 10.6. The molecule has 39 heavy (non-hydrogen) atoms. The highest BCUT2D eigenvalue weighted by Crippen LogP contribution is 2.41. The Morgan fingerprint density at radius 2 is 1.87 bits per heavy atom. The summed E-state index contributed by atoms with van der Waals surface area (Å²) < 4.78 is 45.8. The van der Waals surface area contributed by atoms with Crippen LogP contribution in [-0.2, 0) is 33.0 Å². The van der Waals surface area contributed by atoms with Crippen molar-refractivity contribution in [3.8, 4) is 5.75 Å². The summed E-state index contributed by atoms with van der Waals surface area (Å²) in [6.45, 7) is -0.187. The van der Waals surface area contributed by atoms with Crippen molar-refractivity contribution in [3.05, 3.63) is 99.0 Å². The van der Waals surface area contributed by atoms with Gasteiger partial charge in [-0.2, -0.15) is 5.06 Å². The molecule has 2 aromatic carbocycles. The fourth-order valence-corrected chi connectivity index (χ4v) is 4.74. The number of benzene rings is 2. The lowest BCUT2D eigenvalue weighted by Gasteiger charge is -2.53. The summed E-state index contributed by atoms with van der Waals surface area (Å²) in [6, 6.07) is 11.9.